The fourth-order valence-corrected chi connectivity index (χ4v) is 6.51. The molecule has 0 N–H and O–H groups in total. The largest absolute Gasteiger partial charge is 0.491 e. The molecule has 0 unspecified atom stereocenters. The van der Waals surface area contributed by atoms with E-state index in [1.54, 1.807) is 35.4 Å². The second kappa shape index (κ2) is 8.48. The van der Waals surface area contributed by atoms with Crippen LogP contribution in [0.3, 0.4) is 0 Å². The second-order valence-electron chi connectivity index (χ2n) is 10.6. The number of hydrogen-bond acceptors (Lipinski definition) is 6. The van der Waals surface area contributed by atoms with E-state index in [-0.39, 0.29) is 41.1 Å². The number of aromatic nitrogens is 1. The lowest BCUT2D eigenvalue weighted by Gasteiger charge is -2.32. The molecule has 0 spiro atoms. The van der Waals surface area contributed by atoms with Crippen LogP contribution < -0.4 is 9.64 Å². The number of amides is 1. The summed E-state index contributed by atoms with van der Waals surface area (Å²) in [6.07, 6.45) is 2.88. The van der Waals surface area contributed by atoms with E-state index in [0.29, 0.717) is 35.7 Å². The Kier molecular flexibility index (Phi) is 6.09. The maximum Gasteiger partial charge on any atom is 0.242 e. The summed E-state index contributed by atoms with van der Waals surface area (Å²) in [6, 6.07) is 8.88. The van der Waals surface area contributed by atoms with Gasteiger partial charge in [-0.25, -0.2) is 13.4 Å². The maximum atomic E-state index is 13.4. The minimum absolute atomic E-state index is 0.00652. The van der Waals surface area contributed by atoms with E-state index in [9.17, 15) is 18.0 Å². The maximum absolute atomic E-state index is 13.4. The van der Waals surface area contributed by atoms with E-state index in [1.165, 1.54) is 0 Å². The third kappa shape index (κ3) is 4.60. The van der Waals surface area contributed by atoms with Gasteiger partial charge in [0.15, 0.2) is 5.78 Å². The molecule has 0 atom stereocenters. The summed E-state index contributed by atoms with van der Waals surface area (Å²) < 4.78 is 29.4. The number of hydrogen-bond donors (Lipinski definition) is 0. The monoisotopic (exact) mass is 484 g/mol. The number of sulfone groups is 1. The Morgan fingerprint density at radius 2 is 1.79 bits per heavy atom. The third-order valence-corrected chi connectivity index (χ3v) is 8.56. The van der Waals surface area contributed by atoms with Crippen LogP contribution in [0.15, 0.2) is 36.5 Å². The van der Waals surface area contributed by atoms with E-state index in [0.717, 1.165) is 5.56 Å². The van der Waals surface area contributed by atoms with Gasteiger partial charge in [0.25, 0.3) is 0 Å². The molecule has 2 aliphatic heterocycles. The summed E-state index contributed by atoms with van der Waals surface area (Å²) in [5, 5.41) is 0. The number of anilines is 2. The molecule has 0 saturated carbocycles. The lowest BCUT2D eigenvalue weighted by molar-refractivity contribution is -0.121. The van der Waals surface area contributed by atoms with Crippen molar-refractivity contribution in [1.29, 1.82) is 0 Å². The lowest BCUT2D eigenvalue weighted by atomic mass is 9.78. The zero-order valence-corrected chi connectivity index (χ0v) is 21.2. The van der Waals surface area contributed by atoms with Crippen LogP contribution in [0.5, 0.6) is 5.75 Å². The van der Waals surface area contributed by atoms with Gasteiger partial charge in [0.05, 0.1) is 28.7 Å². The Morgan fingerprint density at radius 3 is 2.44 bits per heavy atom. The first-order valence-electron chi connectivity index (χ1n) is 11.7. The van der Waals surface area contributed by atoms with Crippen molar-refractivity contribution in [2.45, 2.75) is 65.4 Å². The SMILES string of the molecule is CC(C)Oc1ccnc(N2C(=O)C(C)(C)c3cc(C(=O)CC4(C)CCS(=O)(=O)CC4)ccc32)c1. The molecule has 0 bridgehead atoms. The fraction of sp³-hybridized carbons (Fsp3) is 0.500. The van der Waals surface area contributed by atoms with Gasteiger partial charge in [-0.1, -0.05) is 6.92 Å². The van der Waals surface area contributed by atoms with E-state index >= 15 is 0 Å². The smallest absolute Gasteiger partial charge is 0.242 e. The molecule has 1 saturated heterocycles. The molecule has 1 fully saturated rings. The van der Waals surface area contributed by atoms with E-state index < -0.39 is 15.3 Å². The molecule has 8 heteroatoms. The number of ether oxygens (including phenoxy) is 1. The Balaban J connectivity index is 1.63. The number of ketones is 1. The van der Waals surface area contributed by atoms with Crippen molar-refractivity contribution < 1.29 is 22.7 Å². The molecule has 2 aliphatic rings. The van der Waals surface area contributed by atoms with Crippen LogP contribution in [0.2, 0.25) is 0 Å². The molecule has 0 aliphatic carbocycles. The van der Waals surface area contributed by atoms with Crippen LogP contribution >= 0.6 is 0 Å². The van der Waals surface area contributed by atoms with Crippen LogP contribution in [-0.4, -0.2) is 42.7 Å². The van der Waals surface area contributed by atoms with Gasteiger partial charge in [0, 0.05) is 24.2 Å². The average Bonchev–Trinajstić information content (AvgIpc) is 2.95. The summed E-state index contributed by atoms with van der Waals surface area (Å²) in [5.41, 5.74) is 0.860. The van der Waals surface area contributed by atoms with Crippen molar-refractivity contribution in [1.82, 2.24) is 4.98 Å². The van der Waals surface area contributed by atoms with Crippen LogP contribution in [0, 0.1) is 5.41 Å². The third-order valence-electron chi connectivity index (χ3n) is 6.91. The highest BCUT2D eigenvalue weighted by molar-refractivity contribution is 7.91. The van der Waals surface area contributed by atoms with Crippen LogP contribution in [0.25, 0.3) is 0 Å². The Morgan fingerprint density at radius 1 is 1.12 bits per heavy atom. The number of fused-ring (bicyclic) bond motifs is 1. The van der Waals surface area contributed by atoms with Crippen molar-refractivity contribution in [3.8, 4) is 5.75 Å². The van der Waals surface area contributed by atoms with Gasteiger partial charge < -0.3 is 4.74 Å². The molecule has 1 aromatic heterocycles. The first-order chi connectivity index (χ1) is 15.8. The van der Waals surface area contributed by atoms with Crippen LogP contribution in [-0.2, 0) is 20.0 Å². The summed E-state index contributed by atoms with van der Waals surface area (Å²) in [7, 11) is -3.00. The van der Waals surface area contributed by atoms with E-state index in [1.807, 2.05) is 40.7 Å². The molecule has 4 rings (SSSR count). The van der Waals surface area contributed by atoms with Gasteiger partial charge in [0.1, 0.15) is 21.4 Å². The lowest BCUT2D eigenvalue weighted by Crippen LogP contribution is -2.33. The van der Waals surface area contributed by atoms with Gasteiger partial charge in [-0.15, -0.1) is 0 Å². The number of rotatable bonds is 6. The molecular formula is C26H32N2O5S. The molecule has 34 heavy (non-hydrogen) atoms. The minimum atomic E-state index is -3.00. The fourth-order valence-electron chi connectivity index (χ4n) is 4.70. The van der Waals surface area contributed by atoms with Crippen molar-refractivity contribution in [3.05, 3.63) is 47.7 Å². The first-order valence-corrected chi connectivity index (χ1v) is 13.5. The predicted molar refractivity (Wildman–Crippen MR) is 132 cm³/mol. The van der Waals surface area contributed by atoms with Crippen molar-refractivity contribution in [2.75, 3.05) is 16.4 Å². The number of nitrogens with zero attached hydrogens (tertiary/aromatic N) is 2. The number of carbonyl (C=O) groups is 2. The highest BCUT2D eigenvalue weighted by atomic mass is 32.2. The number of carbonyl (C=O) groups excluding carboxylic acids is 2. The van der Waals surface area contributed by atoms with Gasteiger partial charge in [-0.3, -0.25) is 14.5 Å². The number of pyridine rings is 1. The summed E-state index contributed by atoms with van der Waals surface area (Å²) >= 11 is 0. The molecule has 3 heterocycles. The predicted octanol–water partition coefficient (Wildman–Crippen LogP) is 4.61. The number of Topliss-reactive ketones (excluding diaryl/α,β-unsaturated/α-hetero) is 1. The van der Waals surface area contributed by atoms with Crippen LogP contribution in [0.4, 0.5) is 11.5 Å². The molecule has 0 radical (unpaired) electrons. The van der Waals surface area contributed by atoms with Gasteiger partial charge in [-0.05, 0) is 75.8 Å². The topological polar surface area (TPSA) is 93.6 Å². The zero-order valence-electron chi connectivity index (χ0n) is 20.4. The minimum Gasteiger partial charge on any atom is -0.491 e. The summed E-state index contributed by atoms with van der Waals surface area (Å²) in [6.45, 7) is 9.56. The molecule has 1 aromatic carbocycles. The van der Waals surface area contributed by atoms with Gasteiger partial charge in [-0.2, -0.15) is 0 Å². The summed E-state index contributed by atoms with van der Waals surface area (Å²) in [4.78, 5) is 32.6. The van der Waals surface area contributed by atoms with E-state index in [4.69, 9.17) is 4.74 Å². The van der Waals surface area contributed by atoms with E-state index in [2.05, 4.69) is 4.98 Å². The van der Waals surface area contributed by atoms with Gasteiger partial charge in [0.2, 0.25) is 5.91 Å². The second-order valence-corrected chi connectivity index (χ2v) is 12.9. The van der Waals surface area contributed by atoms with Crippen molar-refractivity contribution in [3.63, 3.8) is 0 Å². The normalized spacial score (nSPS) is 20.3. The Bertz CT molecular complexity index is 1240. The Labute approximate surface area is 201 Å². The Hall–Kier alpha value is -2.74. The van der Waals surface area contributed by atoms with Gasteiger partial charge >= 0.3 is 0 Å². The average molecular weight is 485 g/mol. The van der Waals surface area contributed by atoms with Crippen LogP contribution in [0.1, 0.15) is 69.8 Å². The van der Waals surface area contributed by atoms with Crippen molar-refractivity contribution in [2.24, 2.45) is 5.41 Å². The quantitative estimate of drug-likeness (QED) is 0.556. The standard InChI is InChI=1S/C26H32N2O5S/c1-17(2)33-19-8-11-27-23(15-19)28-21-7-6-18(14-20(21)25(3,4)24(28)30)22(29)16-26(5)9-12-34(31,32)13-10-26/h6-8,11,14-15,17H,9-10,12-13,16H2,1-5H3. The molecule has 2 aromatic rings. The van der Waals surface area contributed by atoms with Crippen molar-refractivity contribution >= 4 is 33.0 Å². The number of benzene rings is 1. The highest BCUT2D eigenvalue weighted by Gasteiger charge is 2.45. The molecule has 7 nitrogen and oxygen atoms in total. The summed E-state index contributed by atoms with van der Waals surface area (Å²) in [5.74, 6) is 1.22. The molecule has 182 valence electrons. The molecular weight excluding hydrogens is 452 g/mol. The molecule has 1 amide bonds. The first kappa shape index (κ1) is 24.4. The zero-order chi connectivity index (χ0) is 24.9. The highest BCUT2D eigenvalue weighted by Crippen LogP contribution is 2.46.